The maximum absolute atomic E-state index is 13.4. The van der Waals surface area contributed by atoms with Gasteiger partial charge in [0, 0.05) is 5.02 Å². The van der Waals surface area contributed by atoms with E-state index in [-0.39, 0.29) is 11.2 Å². The van der Waals surface area contributed by atoms with E-state index in [1.54, 1.807) is 6.07 Å². The standard InChI is InChI=1S/C15H16ClFO/c1-15(2)4-3-14(11(8-15)9-18)10-5-12(16)7-13(17)6-10/h5-7,9H,3-4,8H2,1-2H3. The zero-order chi connectivity index (χ0) is 13.3. The summed E-state index contributed by atoms with van der Waals surface area (Å²) in [6, 6.07) is 4.45. The van der Waals surface area contributed by atoms with Gasteiger partial charge in [0.2, 0.25) is 0 Å². The molecule has 0 saturated heterocycles. The van der Waals surface area contributed by atoms with E-state index in [0.29, 0.717) is 5.02 Å². The third-order valence-corrected chi connectivity index (χ3v) is 3.68. The highest BCUT2D eigenvalue weighted by Crippen LogP contribution is 2.42. The minimum absolute atomic E-state index is 0.136. The van der Waals surface area contributed by atoms with Crippen molar-refractivity contribution >= 4 is 23.5 Å². The molecule has 0 heterocycles. The van der Waals surface area contributed by atoms with Crippen LogP contribution in [0, 0.1) is 11.2 Å². The maximum atomic E-state index is 13.4. The van der Waals surface area contributed by atoms with Gasteiger partial charge in [-0.05, 0) is 59.6 Å². The fourth-order valence-corrected chi connectivity index (χ4v) is 2.73. The number of carbonyl (C=O) groups excluding carboxylic acids is 1. The normalized spacial score (nSPS) is 18.9. The molecular formula is C15H16ClFO. The first kappa shape index (κ1) is 13.3. The van der Waals surface area contributed by atoms with E-state index in [1.807, 2.05) is 0 Å². The minimum atomic E-state index is -0.361. The molecule has 1 nitrogen and oxygen atoms in total. The number of hydrogen-bond donors (Lipinski definition) is 0. The smallest absolute Gasteiger partial charge is 0.146 e. The number of hydrogen-bond acceptors (Lipinski definition) is 1. The van der Waals surface area contributed by atoms with Gasteiger partial charge in [0.1, 0.15) is 12.1 Å². The van der Waals surface area contributed by atoms with Crippen LogP contribution in [0.25, 0.3) is 5.57 Å². The largest absolute Gasteiger partial charge is 0.298 e. The number of halogens is 2. The molecule has 0 aliphatic heterocycles. The average molecular weight is 267 g/mol. The van der Waals surface area contributed by atoms with Crippen LogP contribution in [0.5, 0.6) is 0 Å². The summed E-state index contributed by atoms with van der Waals surface area (Å²) in [6.07, 6.45) is 3.42. The lowest BCUT2D eigenvalue weighted by Gasteiger charge is -2.31. The molecule has 0 amide bonds. The lowest BCUT2D eigenvalue weighted by atomic mass is 9.73. The van der Waals surface area contributed by atoms with Gasteiger partial charge >= 0.3 is 0 Å². The van der Waals surface area contributed by atoms with Gasteiger partial charge in [0.25, 0.3) is 0 Å². The van der Waals surface area contributed by atoms with E-state index in [0.717, 1.165) is 42.3 Å². The van der Waals surface area contributed by atoms with Gasteiger partial charge in [0.05, 0.1) is 0 Å². The summed E-state index contributed by atoms with van der Waals surface area (Å²) in [6.45, 7) is 4.29. The zero-order valence-electron chi connectivity index (χ0n) is 10.6. The van der Waals surface area contributed by atoms with Crippen LogP contribution >= 0.6 is 11.6 Å². The molecule has 2 rings (SSSR count). The van der Waals surface area contributed by atoms with Crippen molar-refractivity contribution in [1.82, 2.24) is 0 Å². The van der Waals surface area contributed by atoms with E-state index in [9.17, 15) is 9.18 Å². The molecule has 3 heteroatoms. The van der Waals surface area contributed by atoms with Crippen LogP contribution in [0.15, 0.2) is 23.8 Å². The lowest BCUT2D eigenvalue weighted by Crippen LogP contribution is -2.18. The number of aldehydes is 1. The Balaban J connectivity index is 2.48. The first-order valence-corrected chi connectivity index (χ1v) is 6.43. The molecule has 1 aromatic carbocycles. The topological polar surface area (TPSA) is 17.1 Å². The minimum Gasteiger partial charge on any atom is -0.298 e. The molecule has 0 N–H and O–H groups in total. The Labute approximate surface area is 112 Å². The van der Waals surface area contributed by atoms with Crippen LogP contribution in [0.3, 0.4) is 0 Å². The number of rotatable bonds is 2. The van der Waals surface area contributed by atoms with Crippen LogP contribution in [0.4, 0.5) is 4.39 Å². The molecule has 1 aliphatic carbocycles. The van der Waals surface area contributed by atoms with Crippen LogP contribution < -0.4 is 0 Å². The summed E-state index contributed by atoms with van der Waals surface area (Å²) in [5.41, 5.74) is 2.58. The van der Waals surface area contributed by atoms with Gasteiger partial charge in [-0.2, -0.15) is 0 Å². The summed E-state index contributed by atoms with van der Waals surface area (Å²) < 4.78 is 13.4. The Kier molecular flexibility index (Phi) is 3.58. The fraction of sp³-hybridized carbons (Fsp3) is 0.400. The maximum Gasteiger partial charge on any atom is 0.146 e. The highest BCUT2D eigenvalue weighted by Gasteiger charge is 2.27. The Morgan fingerprint density at radius 2 is 2.06 bits per heavy atom. The number of allylic oxidation sites excluding steroid dienone is 2. The molecule has 0 fully saturated rings. The van der Waals surface area contributed by atoms with Gasteiger partial charge in [0.15, 0.2) is 0 Å². The molecule has 0 atom stereocenters. The van der Waals surface area contributed by atoms with Crippen molar-refractivity contribution in [3.05, 3.63) is 40.2 Å². The second-order valence-electron chi connectivity index (χ2n) is 5.62. The fourth-order valence-electron chi connectivity index (χ4n) is 2.51. The number of benzene rings is 1. The van der Waals surface area contributed by atoms with E-state index in [2.05, 4.69) is 13.8 Å². The lowest BCUT2D eigenvalue weighted by molar-refractivity contribution is -0.105. The van der Waals surface area contributed by atoms with Gasteiger partial charge < -0.3 is 0 Å². The highest BCUT2D eigenvalue weighted by atomic mass is 35.5. The van der Waals surface area contributed by atoms with E-state index in [1.165, 1.54) is 12.1 Å². The van der Waals surface area contributed by atoms with E-state index >= 15 is 0 Å². The van der Waals surface area contributed by atoms with Crippen LogP contribution in [-0.4, -0.2) is 6.29 Å². The summed E-state index contributed by atoms with van der Waals surface area (Å²) in [4.78, 5) is 11.2. The molecule has 0 spiro atoms. The first-order chi connectivity index (χ1) is 8.41. The second-order valence-corrected chi connectivity index (χ2v) is 6.06. The number of carbonyl (C=O) groups is 1. The van der Waals surface area contributed by atoms with Crippen LogP contribution in [-0.2, 0) is 4.79 Å². The third-order valence-electron chi connectivity index (χ3n) is 3.46. The Bertz CT molecular complexity index is 497. The third kappa shape index (κ3) is 2.81. The van der Waals surface area contributed by atoms with Crippen molar-refractivity contribution in [2.24, 2.45) is 5.41 Å². The molecule has 1 aromatic rings. The molecule has 0 unspecified atom stereocenters. The molecule has 0 bridgehead atoms. The van der Waals surface area contributed by atoms with Crippen molar-refractivity contribution in [2.75, 3.05) is 0 Å². The highest BCUT2D eigenvalue weighted by molar-refractivity contribution is 6.30. The Morgan fingerprint density at radius 3 is 2.67 bits per heavy atom. The van der Waals surface area contributed by atoms with Gasteiger partial charge in [-0.25, -0.2) is 4.39 Å². The Hall–Kier alpha value is -1.15. The predicted molar refractivity (Wildman–Crippen MR) is 72.0 cm³/mol. The quantitative estimate of drug-likeness (QED) is 0.713. The van der Waals surface area contributed by atoms with E-state index < -0.39 is 0 Å². The van der Waals surface area contributed by atoms with Crippen molar-refractivity contribution in [1.29, 1.82) is 0 Å². The van der Waals surface area contributed by atoms with Crippen LogP contribution in [0.2, 0.25) is 5.02 Å². The predicted octanol–water partition coefficient (Wildman–Crippen LogP) is 4.64. The van der Waals surface area contributed by atoms with Crippen molar-refractivity contribution < 1.29 is 9.18 Å². The second kappa shape index (κ2) is 4.85. The van der Waals surface area contributed by atoms with Gasteiger partial charge in [-0.1, -0.05) is 25.4 Å². The van der Waals surface area contributed by atoms with Crippen molar-refractivity contribution in [3.63, 3.8) is 0 Å². The van der Waals surface area contributed by atoms with Gasteiger partial charge in [-0.15, -0.1) is 0 Å². The monoisotopic (exact) mass is 266 g/mol. The molecule has 1 aliphatic rings. The SMILES string of the molecule is CC1(C)CCC(c2cc(F)cc(Cl)c2)=C(C=O)C1. The molecule has 0 radical (unpaired) electrons. The first-order valence-electron chi connectivity index (χ1n) is 6.05. The van der Waals surface area contributed by atoms with Crippen molar-refractivity contribution in [2.45, 2.75) is 33.1 Å². The van der Waals surface area contributed by atoms with Crippen LogP contribution in [0.1, 0.15) is 38.7 Å². The zero-order valence-corrected chi connectivity index (χ0v) is 11.4. The molecule has 18 heavy (non-hydrogen) atoms. The summed E-state index contributed by atoms with van der Waals surface area (Å²) >= 11 is 5.87. The summed E-state index contributed by atoms with van der Waals surface area (Å²) in [5, 5.41) is 0.368. The average Bonchev–Trinajstić information content (AvgIpc) is 2.26. The summed E-state index contributed by atoms with van der Waals surface area (Å²) in [5.74, 6) is -0.361. The van der Waals surface area contributed by atoms with Gasteiger partial charge in [-0.3, -0.25) is 4.79 Å². The summed E-state index contributed by atoms with van der Waals surface area (Å²) in [7, 11) is 0. The Morgan fingerprint density at radius 1 is 1.33 bits per heavy atom. The molecular weight excluding hydrogens is 251 g/mol. The molecule has 0 saturated carbocycles. The molecule has 0 aromatic heterocycles. The van der Waals surface area contributed by atoms with E-state index in [4.69, 9.17) is 11.6 Å². The molecule has 96 valence electrons. The van der Waals surface area contributed by atoms with Crippen molar-refractivity contribution in [3.8, 4) is 0 Å².